The maximum absolute atomic E-state index is 11.9. The van der Waals surface area contributed by atoms with Crippen LogP contribution in [0.2, 0.25) is 0 Å². The number of ether oxygens (including phenoxy) is 1. The number of β-lactam (4-membered cyclic amide) rings is 1. The molecule has 3 heteroatoms. The van der Waals surface area contributed by atoms with Gasteiger partial charge >= 0.3 is 0 Å². The number of methoxy groups -OCH3 is 1. The first kappa shape index (κ1) is 12.4. The van der Waals surface area contributed by atoms with E-state index in [1.807, 2.05) is 43.3 Å². The Morgan fingerprint density at radius 2 is 2.00 bits per heavy atom. The summed E-state index contributed by atoms with van der Waals surface area (Å²) in [6.07, 6.45) is 5.61. The fourth-order valence-electron chi connectivity index (χ4n) is 2.14. The molecule has 0 spiro atoms. The van der Waals surface area contributed by atoms with Crippen LogP contribution < -0.4 is 9.64 Å². The van der Waals surface area contributed by atoms with Gasteiger partial charge in [0.1, 0.15) is 5.75 Å². The lowest BCUT2D eigenvalue weighted by atomic mass is 9.88. The van der Waals surface area contributed by atoms with Crippen molar-refractivity contribution >= 4 is 11.6 Å². The topological polar surface area (TPSA) is 29.5 Å². The molecule has 0 bridgehead atoms. The van der Waals surface area contributed by atoms with Gasteiger partial charge in [-0.15, -0.1) is 0 Å². The Kier molecular flexibility index (Phi) is 3.51. The number of benzene rings is 1. The van der Waals surface area contributed by atoms with Crippen molar-refractivity contribution in [3.05, 3.63) is 49.1 Å². The van der Waals surface area contributed by atoms with Crippen molar-refractivity contribution in [1.82, 2.24) is 0 Å². The highest BCUT2D eigenvalue weighted by molar-refractivity contribution is 6.03. The summed E-state index contributed by atoms with van der Waals surface area (Å²) in [5, 5.41) is 0. The molecular formula is C15H17NO2. The van der Waals surface area contributed by atoms with Gasteiger partial charge in [-0.05, 0) is 24.3 Å². The van der Waals surface area contributed by atoms with E-state index in [-0.39, 0.29) is 17.9 Å². The van der Waals surface area contributed by atoms with Crippen molar-refractivity contribution in [3.8, 4) is 5.75 Å². The van der Waals surface area contributed by atoms with E-state index in [9.17, 15) is 4.79 Å². The standard InChI is InChI=1S/C15H17NO2/c1-4-5-6-14-11(2)15(17)16(14)12-7-9-13(18-3)10-8-12/h4-11,14H,1H2,2-3H3/b6-5+/t11-,14?/m1/s1. The van der Waals surface area contributed by atoms with E-state index in [0.29, 0.717) is 0 Å². The zero-order chi connectivity index (χ0) is 13.1. The Morgan fingerprint density at radius 1 is 1.33 bits per heavy atom. The fraction of sp³-hybridized carbons (Fsp3) is 0.267. The van der Waals surface area contributed by atoms with Crippen LogP contribution in [0.15, 0.2) is 49.1 Å². The van der Waals surface area contributed by atoms with Gasteiger partial charge in [0.2, 0.25) is 5.91 Å². The van der Waals surface area contributed by atoms with Crippen LogP contribution in [0, 0.1) is 5.92 Å². The molecule has 0 radical (unpaired) electrons. The molecule has 2 atom stereocenters. The monoisotopic (exact) mass is 243 g/mol. The third-order valence-corrected chi connectivity index (χ3v) is 3.23. The third-order valence-electron chi connectivity index (χ3n) is 3.23. The smallest absolute Gasteiger partial charge is 0.232 e. The van der Waals surface area contributed by atoms with E-state index in [1.54, 1.807) is 18.1 Å². The Hall–Kier alpha value is -2.03. The summed E-state index contributed by atoms with van der Waals surface area (Å²) in [6.45, 7) is 5.59. The first-order chi connectivity index (χ1) is 8.69. The SMILES string of the molecule is C=C/C=C/C1[C@@H](C)C(=O)N1c1ccc(OC)cc1. The fourth-order valence-corrected chi connectivity index (χ4v) is 2.14. The molecule has 1 fully saturated rings. The second-order valence-electron chi connectivity index (χ2n) is 4.31. The van der Waals surface area contributed by atoms with Crippen LogP contribution in [0.25, 0.3) is 0 Å². The molecule has 94 valence electrons. The second-order valence-corrected chi connectivity index (χ2v) is 4.31. The maximum atomic E-state index is 11.9. The lowest BCUT2D eigenvalue weighted by Gasteiger charge is -2.44. The molecule has 1 saturated heterocycles. The van der Waals surface area contributed by atoms with Crippen LogP contribution in [0.3, 0.4) is 0 Å². The predicted molar refractivity (Wildman–Crippen MR) is 72.8 cm³/mol. The maximum Gasteiger partial charge on any atom is 0.232 e. The highest BCUT2D eigenvalue weighted by atomic mass is 16.5. The van der Waals surface area contributed by atoms with Crippen molar-refractivity contribution in [2.75, 3.05) is 12.0 Å². The molecule has 18 heavy (non-hydrogen) atoms. The van der Waals surface area contributed by atoms with Crippen LogP contribution in [-0.4, -0.2) is 19.1 Å². The number of hydrogen-bond acceptors (Lipinski definition) is 2. The number of rotatable bonds is 4. The van der Waals surface area contributed by atoms with Crippen LogP contribution in [0.1, 0.15) is 6.92 Å². The van der Waals surface area contributed by atoms with E-state index < -0.39 is 0 Å². The van der Waals surface area contributed by atoms with Gasteiger partial charge in [0.25, 0.3) is 0 Å². The highest BCUT2D eigenvalue weighted by Gasteiger charge is 2.43. The number of anilines is 1. The van der Waals surface area contributed by atoms with E-state index in [0.717, 1.165) is 11.4 Å². The zero-order valence-electron chi connectivity index (χ0n) is 10.7. The van der Waals surface area contributed by atoms with Crippen molar-refractivity contribution < 1.29 is 9.53 Å². The summed E-state index contributed by atoms with van der Waals surface area (Å²) in [5.41, 5.74) is 0.901. The van der Waals surface area contributed by atoms with Crippen LogP contribution in [-0.2, 0) is 4.79 Å². The molecule has 1 unspecified atom stereocenters. The minimum absolute atomic E-state index is 0.0308. The molecule has 1 aromatic carbocycles. The third kappa shape index (κ3) is 2.04. The molecule has 0 aliphatic carbocycles. The van der Waals surface area contributed by atoms with Gasteiger partial charge < -0.3 is 9.64 Å². The molecule has 0 saturated carbocycles. The van der Waals surface area contributed by atoms with E-state index in [1.165, 1.54) is 0 Å². The summed E-state index contributed by atoms with van der Waals surface area (Å²) >= 11 is 0. The van der Waals surface area contributed by atoms with Gasteiger partial charge in [-0.1, -0.05) is 31.7 Å². The van der Waals surface area contributed by atoms with Crippen LogP contribution in [0.4, 0.5) is 5.69 Å². The largest absolute Gasteiger partial charge is 0.497 e. The molecule has 0 aromatic heterocycles. The zero-order valence-corrected chi connectivity index (χ0v) is 10.7. The van der Waals surface area contributed by atoms with E-state index >= 15 is 0 Å². The quantitative estimate of drug-likeness (QED) is 0.601. The van der Waals surface area contributed by atoms with Crippen molar-refractivity contribution in [3.63, 3.8) is 0 Å². The molecule has 1 aromatic rings. The summed E-state index contributed by atoms with van der Waals surface area (Å²) in [6, 6.07) is 7.64. The Morgan fingerprint density at radius 3 is 2.56 bits per heavy atom. The lowest BCUT2D eigenvalue weighted by Crippen LogP contribution is -2.59. The number of carbonyl (C=O) groups is 1. The molecule has 1 aliphatic heterocycles. The molecule has 1 heterocycles. The summed E-state index contributed by atoms with van der Waals surface area (Å²) in [5.74, 6) is 0.972. The first-order valence-electron chi connectivity index (χ1n) is 5.95. The minimum Gasteiger partial charge on any atom is -0.497 e. The molecule has 1 amide bonds. The molecule has 2 rings (SSSR count). The van der Waals surface area contributed by atoms with Crippen molar-refractivity contribution in [1.29, 1.82) is 0 Å². The number of allylic oxidation sites excluding steroid dienone is 2. The number of carbonyl (C=O) groups excluding carboxylic acids is 1. The minimum atomic E-state index is 0.0308. The average molecular weight is 243 g/mol. The Bertz CT molecular complexity index is 476. The first-order valence-corrected chi connectivity index (χ1v) is 5.95. The van der Waals surface area contributed by atoms with E-state index in [2.05, 4.69) is 6.58 Å². The second kappa shape index (κ2) is 5.08. The van der Waals surface area contributed by atoms with Crippen LogP contribution >= 0.6 is 0 Å². The molecular weight excluding hydrogens is 226 g/mol. The number of amides is 1. The lowest BCUT2D eigenvalue weighted by molar-refractivity contribution is -0.128. The normalized spacial score (nSPS) is 23.0. The van der Waals surface area contributed by atoms with Gasteiger partial charge in [-0.2, -0.15) is 0 Å². The van der Waals surface area contributed by atoms with Gasteiger partial charge in [0, 0.05) is 5.69 Å². The summed E-state index contributed by atoms with van der Waals surface area (Å²) < 4.78 is 5.11. The van der Waals surface area contributed by atoms with Gasteiger partial charge in [-0.25, -0.2) is 0 Å². The van der Waals surface area contributed by atoms with Gasteiger partial charge in [-0.3, -0.25) is 4.79 Å². The average Bonchev–Trinajstić information content (AvgIpc) is 2.42. The Labute approximate surface area is 107 Å². The number of nitrogens with zero attached hydrogens (tertiary/aromatic N) is 1. The van der Waals surface area contributed by atoms with Crippen molar-refractivity contribution in [2.45, 2.75) is 13.0 Å². The van der Waals surface area contributed by atoms with E-state index in [4.69, 9.17) is 4.74 Å². The molecule has 1 aliphatic rings. The molecule has 0 N–H and O–H groups in total. The van der Waals surface area contributed by atoms with Crippen molar-refractivity contribution in [2.24, 2.45) is 5.92 Å². The summed E-state index contributed by atoms with van der Waals surface area (Å²) in [4.78, 5) is 13.7. The Balaban J connectivity index is 2.22. The summed E-state index contributed by atoms with van der Waals surface area (Å²) in [7, 11) is 1.63. The highest BCUT2D eigenvalue weighted by Crippen LogP contribution is 2.33. The number of hydrogen-bond donors (Lipinski definition) is 0. The van der Waals surface area contributed by atoms with Crippen LogP contribution in [0.5, 0.6) is 5.75 Å². The predicted octanol–water partition coefficient (Wildman–Crippen LogP) is 2.79. The van der Waals surface area contributed by atoms with Gasteiger partial charge in [0.15, 0.2) is 0 Å². The molecule has 3 nitrogen and oxygen atoms in total. The van der Waals surface area contributed by atoms with Gasteiger partial charge in [0.05, 0.1) is 19.1 Å².